The van der Waals surface area contributed by atoms with Gasteiger partial charge in [0.1, 0.15) is 5.84 Å². The molecule has 9 heteroatoms. The molecule has 0 fully saturated rings. The van der Waals surface area contributed by atoms with Gasteiger partial charge in [-0.3, -0.25) is 5.41 Å². The Morgan fingerprint density at radius 1 is 1.30 bits per heavy atom. The molecule has 0 saturated carbocycles. The Bertz CT molecular complexity index is 624. The molecule has 0 aliphatic rings. The van der Waals surface area contributed by atoms with Crippen LogP contribution in [0.2, 0.25) is 0 Å². The summed E-state index contributed by atoms with van der Waals surface area (Å²) in [7, 11) is -4.22. The van der Waals surface area contributed by atoms with E-state index >= 15 is 0 Å². The topological polar surface area (TPSA) is 96.0 Å². The number of amidine groups is 1. The van der Waals surface area contributed by atoms with Gasteiger partial charge in [0.15, 0.2) is 0 Å². The molecule has 0 aliphatic heterocycles. The predicted octanol–water partition coefficient (Wildman–Crippen LogP) is 1.70. The highest BCUT2D eigenvalue weighted by Crippen LogP contribution is 2.30. The molecule has 0 spiro atoms. The van der Waals surface area contributed by atoms with Crippen molar-refractivity contribution in [3.63, 3.8) is 0 Å². The van der Waals surface area contributed by atoms with Crippen molar-refractivity contribution in [3.05, 3.63) is 29.8 Å². The smallest absolute Gasteiger partial charge is 0.386 e. The molecule has 0 radical (unpaired) electrons. The minimum atomic E-state index is -4.64. The molecule has 1 rings (SSSR count). The summed E-state index contributed by atoms with van der Waals surface area (Å²) in [6.45, 7) is 2.67. The lowest BCUT2D eigenvalue weighted by atomic mass is 10.1. The molecule has 112 valence electrons. The van der Waals surface area contributed by atoms with Crippen molar-refractivity contribution in [1.82, 2.24) is 4.72 Å². The fourth-order valence-corrected chi connectivity index (χ4v) is 2.73. The van der Waals surface area contributed by atoms with Crippen LogP contribution in [0.15, 0.2) is 29.2 Å². The first-order chi connectivity index (χ1) is 8.86. The van der Waals surface area contributed by atoms with Crippen LogP contribution in [0.5, 0.6) is 0 Å². The Balaban J connectivity index is 3.21. The summed E-state index contributed by atoms with van der Waals surface area (Å²) >= 11 is 0. The fourth-order valence-electron chi connectivity index (χ4n) is 1.29. The quantitative estimate of drug-likeness (QED) is 0.583. The van der Waals surface area contributed by atoms with Gasteiger partial charge in [0, 0.05) is 0 Å². The lowest BCUT2D eigenvalue weighted by molar-refractivity contribution is -0.137. The first-order valence-corrected chi connectivity index (χ1v) is 6.90. The third-order valence-corrected chi connectivity index (χ3v) is 4.19. The van der Waals surface area contributed by atoms with Crippen LogP contribution in [-0.4, -0.2) is 19.8 Å². The Kier molecular flexibility index (Phi) is 4.16. The van der Waals surface area contributed by atoms with Crippen LogP contribution in [-0.2, 0) is 16.2 Å². The summed E-state index contributed by atoms with van der Waals surface area (Å²) < 4.78 is 63.7. The minimum Gasteiger partial charge on any atom is -0.386 e. The first-order valence-electron chi connectivity index (χ1n) is 5.42. The van der Waals surface area contributed by atoms with Crippen molar-refractivity contribution in [1.29, 1.82) is 5.41 Å². The number of alkyl halides is 3. The molecule has 4 N–H and O–H groups in total. The molecule has 1 aromatic carbocycles. The van der Waals surface area contributed by atoms with Gasteiger partial charge in [-0.2, -0.15) is 17.9 Å². The largest absolute Gasteiger partial charge is 0.416 e. The number of rotatable bonds is 4. The number of hydrogen-bond donors (Lipinski definition) is 3. The molecule has 0 bridgehead atoms. The van der Waals surface area contributed by atoms with Crippen LogP contribution in [0.25, 0.3) is 0 Å². The molecular formula is C11H14F3N3O2S. The van der Waals surface area contributed by atoms with E-state index in [1.807, 2.05) is 0 Å². The zero-order valence-electron chi connectivity index (χ0n) is 10.7. The summed E-state index contributed by atoms with van der Waals surface area (Å²) in [6.07, 6.45) is -4.64. The molecule has 0 aliphatic carbocycles. The summed E-state index contributed by atoms with van der Waals surface area (Å²) in [4.78, 5) is -0.540. The summed E-state index contributed by atoms with van der Waals surface area (Å²) in [5.74, 6) is -0.451. The molecule has 1 aromatic rings. The van der Waals surface area contributed by atoms with Crippen LogP contribution < -0.4 is 10.5 Å². The maximum absolute atomic E-state index is 12.6. The maximum atomic E-state index is 12.6. The van der Waals surface area contributed by atoms with E-state index < -0.39 is 38.0 Å². The van der Waals surface area contributed by atoms with E-state index in [9.17, 15) is 21.6 Å². The monoisotopic (exact) mass is 309 g/mol. The predicted molar refractivity (Wildman–Crippen MR) is 67.8 cm³/mol. The lowest BCUT2D eigenvalue weighted by Crippen LogP contribution is -2.52. The van der Waals surface area contributed by atoms with E-state index in [1.165, 1.54) is 13.8 Å². The van der Waals surface area contributed by atoms with E-state index in [1.54, 1.807) is 0 Å². The molecule has 0 amide bonds. The van der Waals surface area contributed by atoms with Gasteiger partial charge in [-0.1, -0.05) is 6.07 Å². The van der Waals surface area contributed by atoms with E-state index in [4.69, 9.17) is 11.1 Å². The molecule has 0 heterocycles. The van der Waals surface area contributed by atoms with Crippen molar-refractivity contribution in [3.8, 4) is 0 Å². The van der Waals surface area contributed by atoms with Gasteiger partial charge < -0.3 is 5.73 Å². The highest BCUT2D eigenvalue weighted by atomic mass is 32.2. The Morgan fingerprint density at radius 2 is 1.85 bits per heavy atom. The summed E-state index contributed by atoms with van der Waals surface area (Å²) in [5, 5.41) is 7.25. The van der Waals surface area contributed by atoms with Crippen LogP contribution >= 0.6 is 0 Å². The second-order valence-corrected chi connectivity index (χ2v) is 6.35. The van der Waals surface area contributed by atoms with Gasteiger partial charge in [-0.05, 0) is 32.0 Å². The van der Waals surface area contributed by atoms with E-state index in [2.05, 4.69) is 4.72 Å². The standard InChI is InChI=1S/C11H14F3N3O2S/c1-10(2,9(15)16)17-20(18,19)8-5-3-4-7(6-8)11(12,13)14/h3-6,17H,1-2H3,(H3,15,16). The normalized spacial score (nSPS) is 13.2. The second-order valence-electron chi connectivity index (χ2n) is 4.67. The first kappa shape index (κ1) is 16.4. The van der Waals surface area contributed by atoms with Crippen LogP contribution in [0.4, 0.5) is 13.2 Å². The molecule has 5 nitrogen and oxygen atoms in total. The Hall–Kier alpha value is -1.61. The number of halogens is 3. The lowest BCUT2D eigenvalue weighted by Gasteiger charge is -2.24. The second kappa shape index (κ2) is 5.06. The van der Waals surface area contributed by atoms with Crippen molar-refractivity contribution in [2.75, 3.05) is 0 Å². The van der Waals surface area contributed by atoms with Gasteiger partial charge in [-0.25, -0.2) is 8.42 Å². The number of sulfonamides is 1. The van der Waals surface area contributed by atoms with Crippen molar-refractivity contribution < 1.29 is 21.6 Å². The van der Waals surface area contributed by atoms with Crippen LogP contribution in [0, 0.1) is 5.41 Å². The number of benzene rings is 1. The number of nitrogens with two attached hydrogens (primary N) is 1. The number of hydrogen-bond acceptors (Lipinski definition) is 3. The summed E-state index contributed by atoms with van der Waals surface area (Å²) in [5.41, 5.74) is 2.77. The average molecular weight is 309 g/mol. The van der Waals surface area contributed by atoms with Crippen LogP contribution in [0.1, 0.15) is 19.4 Å². The van der Waals surface area contributed by atoms with Crippen molar-refractivity contribution >= 4 is 15.9 Å². The Labute approximate surface area is 114 Å². The molecule has 0 saturated heterocycles. The third-order valence-electron chi connectivity index (χ3n) is 2.53. The van der Waals surface area contributed by atoms with Gasteiger partial charge in [0.05, 0.1) is 16.0 Å². The highest BCUT2D eigenvalue weighted by Gasteiger charge is 2.33. The maximum Gasteiger partial charge on any atom is 0.416 e. The third kappa shape index (κ3) is 3.70. The summed E-state index contributed by atoms with van der Waals surface area (Å²) in [6, 6.07) is 3.33. The molecule has 0 atom stereocenters. The molecular weight excluding hydrogens is 295 g/mol. The average Bonchev–Trinajstić information content (AvgIpc) is 2.26. The van der Waals surface area contributed by atoms with Gasteiger partial charge >= 0.3 is 6.18 Å². The number of nitrogens with one attached hydrogen (secondary N) is 2. The molecule has 0 unspecified atom stereocenters. The fraction of sp³-hybridized carbons (Fsp3) is 0.364. The zero-order valence-corrected chi connectivity index (χ0v) is 11.6. The van der Waals surface area contributed by atoms with E-state index in [-0.39, 0.29) is 0 Å². The Morgan fingerprint density at radius 3 is 2.30 bits per heavy atom. The van der Waals surface area contributed by atoms with Gasteiger partial charge in [-0.15, -0.1) is 0 Å². The van der Waals surface area contributed by atoms with E-state index in [0.29, 0.717) is 6.07 Å². The van der Waals surface area contributed by atoms with Gasteiger partial charge in [0.25, 0.3) is 0 Å². The van der Waals surface area contributed by atoms with Gasteiger partial charge in [0.2, 0.25) is 10.0 Å². The van der Waals surface area contributed by atoms with Crippen molar-refractivity contribution in [2.45, 2.75) is 30.5 Å². The van der Waals surface area contributed by atoms with Crippen molar-refractivity contribution in [2.24, 2.45) is 5.73 Å². The minimum absolute atomic E-state index is 0.451. The zero-order chi connectivity index (χ0) is 15.8. The molecule has 20 heavy (non-hydrogen) atoms. The SMILES string of the molecule is CC(C)(NS(=O)(=O)c1cccc(C(F)(F)F)c1)C(=N)N. The van der Waals surface area contributed by atoms with E-state index in [0.717, 1.165) is 18.2 Å². The van der Waals surface area contributed by atoms with Crippen LogP contribution in [0.3, 0.4) is 0 Å². The molecule has 0 aromatic heterocycles. The highest BCUT2D eigenvalue weighted by molar-refractivity contribution is 7.89.